The van der Waals surface area contributed by atoms with Gasteiger partial charge in [-0.15, -0.1) is 0 Å². The van der Waals surface area contributed by atoms with Crippen LogP contribution in [-0.4, -0.2) is 127 Å². The molecule has 5 rings (SSSR count). The van der Waals surface area contributed by atoms with Crippen molar-refractivity contribution in [1.29, 1.82) is 0 Å². The van der Waals surface area contributed by atoms with Crippen molar-refractivity contribution in [2.24, 2.45) is 11.8 Å². The second-order valence-corrected chi connectivity index (χ2v) is 18.1. The largest absolute Gasteiger partial charge is 0.460 e. The van der Waals surface area contributed by atoms with E-state index >= 15 is 0 Å². The Morgan fingerprint density at radius 3 is 2.00 bits per heavy atom. The van der Waals surface area contributed by atoms with Crippen LogP contribution in [0.2, 0.25) is 0 Å². The minimum Gasteiger partial charge on any atom is -0.460 e. The molecule has 4 saturated heterocycles. The average Bonchev–Trinajstić information content (AvgIpc) is 3.72. The molecule has 0 spiro atoms. The summed E-state index contributed by atoms with van der Waals surface area (Å²) in [7, 11) is 1.45. The number of rotatable bonds is 13. The molecule has 5 aliphatic rings. The van der Waals surface area contributed by atoms with Crippen LogP contribution in [-0.2, 0) is 71.3 Å². The van der Waals surface area contributed by atoms with Gasteiger partial charge in [0.05, 0.1) is 36.6 Å². The van der Waals surface area contributed by atoms with Gasteiger partial charge in [0.25, 0.3) is 0 Å². The van der Waals surface area contributed by atoms with E-state index in [2.05, 4.69) is 26.0 Å². The predicted molar refractivity (Wildman–Crippen MR) is 226 cm³/mol. The van der Waals surface area contributed by atoms with E-state index in [-0.39, 0.29) is 69.0 Å². The van der Waals surface area contributed by atoms with Crippen molar-refractivity contribution in [2.75, 3.05) is 7.11 Å². The monoisotopic (exact) mass is 892 g/mol. The van der Waals surface area contributed by atoms with Gasteiger partial charge in [0.2, 0.25) is 5.60 Å². The molecule has 16 nitrogen and oxygen atoms in total. The fraction of sp³-hybridized carbons (Fsp3) is 0.809. The molecule has 5 heterocycles. The third kappa shape index (κ3) is 13.8. The Hall–Kier alpha value is -3.41. The van der Waals surface area contributed by atoms with Gasteiger partial charge >= 0.3 is 29.8 Å². The van der Waals surface area contributed by atoms with E-state index in [1.807, 2.05) is 32.9 Å². The van der Waals surface area contributed by atoms with Gasteiger partial charge in [-0.05, 0) is 57.3 Å². The van der Waals surface area contributed by atoms with Crippen LogP contribution >= 0.6 is 0 Å². The molecule has 6 bridgehead atoms. The molecule has 0 aromatic rings. The van der Waals surface area contributed by atoms with E-state index in [9.17, 15) is 29.1 Å². The second kappa shape index (κ2) is 23.7. The fourth-order valence-electron chi connectivity index (χ4n) is 9.49. The minimum absolute atomic E-state index is 0.0479. The van der Waals surface area contributed by atoms with Gasteiger partial charge in [-0.1, -0.05) is 58.9 Å². The maximum atomic E-state index is 13.8. The first-order valence-corrected chi connectivity index (χ1v) is 23.2. The molecular weight excluding hydrogens is 821 g/mol. The summed E-state index contributed by atoms with van der Waals surface area (Å²) in [5.74, 6) is -2.74. The first kappa shape index (κ1) is 50.6. The zero-order valence-corrected chi connectivity index (χ0v) is 38.4. The van der Waals surface area contributed by atoms with Crippen molar-refractivity contribution >= 4 is 29.8 Å². The van der Waals surface area contributed by atoms with Gasteiger partial charge in [-0.3, -0.25) is 19.2 Å². The number of aliphatic hydroxyl groups is 1. The summed E-state index contributed by atoms with van der Waals surface area (Å²) in [5.41, 5.74) is -2.24. The van der Waals surface area contributed by atoms with Gasteiger partial charge in [0.1, 0.15) is 24.4 Å². The van der Waals surface area contributed by atoms with Crippen LogP contribution in [0.1, 0.15) is 138 Å². The highest BCUT2D eigenvalue weighted by Crippen LogP contribution is 2.41. The van der Waals surface area contributed by atoms with Crippen LogP contribution in [0.15, 0.2) is 24.3 Å². The van der Waals surface area contributed by atoms with Gasteiger partial charge in [0, 0.05) is 65.4 Å². The highest BCUT2D eigenvalue weighted by atomic mass is 16.7. The molecule has 0 aliphatic carbocycles. The molecule has 356 valence electrons. The summed E-state index contributed by atoms with van der Waals surface area (Å²) < 4.78 is 61.5. The number of carbonyl (C=O) groups is 5. The van der Waals surface area contributed by atoms with E-state index in [0.717, 1.165) is 0 Å². The van der Waals surface area contributed by atoms with Gasteiger partial charge in [0.15, 0.2) is 18.5 Å². The third-order valence-electron chi connectivity index (χ3n) is 12.6. The maximum absolute atomic E-state index is 13.8. The summed E-state index contributed by atoms with van der Waals surface area (Å²) in [6.07, 6.45) is 2.52. The third-order valence-corrected chi connectivity index (χ3v) is 12.6. The summed E-state index contributed by atoms with van der Waals surface area (Å²) in [6.45, 7) is 12.8. The van der Waals surface area contributed by atoms with Crippen LogP contribution in [0.25, 0.3) is 0 Å². The summed E-state index contributed by atoms with van der Waals surface area (Å²) in [5, 5.41) is 12.3. The number of allylic oxidation sites excluding steroid dienone is 3. The molecule has 16 heteroatoms. The van der Waals surface area contributed by atoms with Crippen molar-refractivity contribution in [3.8, 4) is 0 Å². The topological polar surface area (TPSA) is 198 Å². The Balaban J connectivity index is 1.46. The van der Waals surface area contributed by atoms with Crippen molar-refractivity contribution in [3.63, 3.8) is 0 Å². The molecular formula is C47H72O16. The van der Waals surface area contributed by atoms with Gasteiger partial charge < -0.3 is 52.5 Å². The molecule has 0 radical (unpaired) electrons. The zero-order valence-electron chi connectivity index (χ0n) is 38.4. The van der Waals surface area contributed by atoms with Crippen molar-refractivity contribution in [1.82, 2.24) is 0 Å². The minimum atomic E-state index is -2.24. The van der Waals surface area contributed by atoms with Crippen LogP contribution in [0.3, 0.4) is 0 Å². The number of hydrogen-bond donors (Lipinski definition) is 1. The first-order chi connectivity index (χ1) is 30.1. The number of esters is 5. The summed E-state index contributed by atoms with van der Waals surface area (Å²) in [4.78, 5) is 65.0. The molecule has 4 fully saturated rings. The first-order valence-electron chi connectivity index (χ1n) is 23.2. The highest BCUT2D eigenvalue weighted by Gasteiger charge is 2.57. The lowest BCUT2D eigenvalue weighted by Gasteiger charge is -2.46. The van der Waals surface area contributed by atoms with E-state index in [1.54, 1.807) is 6.92 Å². The number of hydrogen-bond acceptors (Lipinski definition) is 16. The maximum Gasteiger partial charge on any atom is 0.342 e. The van der Waals surface area contributed by atoms with Gasteiger partial charge in [-0.25, -0.2) is 4.79 Å². The molecule has 0 amide bonds. The Kier molecular flexibility index (Phi) is 19.0. The summed E-state index contributed by atoms with van der Waals surface area (Å²) >= 11 is 0. The molecule has 5 aliphatic heterocycles. The Bertz CT molecular complexity index is 1600. The second-order valence-electron chi connectivity index (χ2n) is 18.1. The molecule has 0 aromatic heterocycles. The zero-order chi connectivity index (χ0) is 45.8. The standard InChI is InChI=1S/C47H72O16/c1-9-15-39(49)61-38-25-33-23-32(58-45-44(54-8)43(63-41(51)17-11-3)42(29(6)55-45)62-40(50)16-10-2)22-31(57-33)20-27(4)18-13-12-14-19-35-28(5)21-36(60-35)37(56-30(7)48)24-34-26-47(38,53)46(52)59-34/h12-14,18,27-29,31-38,42-45,53H,9-11,15-17,19-26H2,1-8H3/b14-12-,18-13+/t27-,28-,29-,31+,32-,33+,34-,35-,36-,37-,38+,42+,43+,44+,45-,47-/m0/s1. The Labute approximate surface area is 372 Å². The molecule has 1 N–H and O–H groups in total. The van der Waals surface area contributed by atoms with Crippen molar-refractivity contribution < 1.29 is 76.4 Å². The average molecular weight is 893 g/mol. The summed E-state index contributed by atoms with van der Waals surface area (Å²) in [6, 6.07) is 0. The quantitative estimate of drug-likeness (QED) is 0.169. The van der Waals surface area contributed by atoms with Crippen molar-refractivity contribution in [3.05, 3.63) is 24.3 Å². The lowest BCUT2D eigenvalue weighted by Crippen LogP contribution is -2.61. The lowest BCUT2D eigenvalue weighted by atomic mass is 9.85. The smallest absolute Gasteiger partial charge is 0.342 e. The normalized spacial score (nSPS) is 39.6. The molecule has 0 unspecified atom stereocenters. The fourth-order valence-corrected chi connectivity index (χ4v) is 9.49. The van der Waals surface area contributed by atoms with E-state index in [0.29, 0.717) is 44.9 Å². The lowest BCUT2D eigenvalue weighted by molar-refractivity contribution is -0.319. The Morgan fingerprint density at radius 2 is 1.37 bits per heavy atom. The molecule has 0 aromatic carbocycles. The van der Waals surface area contributed by atoms with E-state index in [1.165, 1.54) is 14.0 Å². The van der Waals surface area contributed by atoms with Gasteiger partial charge in [-0.2, -0.15) is 0 Å². The van der Waals surface area contributed by atoms with Crippen LogP contribution in [0.4, 0.5) is 0 Å². The number of methoxy groups -OCH3 is 1. The number of fused-ring (bicyclic) bond motifs is 6. The molecule has 63 heavy (non-hydrogen) atoms. The highest BCUT2D eigenvalue weighted by molar-refractivity contribution is 5.83. The van der Waals surface area contributed by atoms with Crippen LogP contribution in [0, 0.1) is 11.8 Å². The van der Waals surface area contributed by atoms with E-state index < -0.39 is 103 Å². The van der Waals surface area contributed by atoms with Crippen LogP contribution < -0.4 is 0 Å². The predicted octanol–water partition coefficient (Wildman–Crippen LogP) is 5.91. The number of ether oxygens (including phenoxy) is 10. The van der Waals surface area contributed by atoms with E-state index in [4.69, 9.17) is 47.4 Å². The molecule has 16 atom stereocenters. The van der Waals surface area contributed by atoms with Crippen LogP contribution in [0.5, 0.6) is 0 Å². The Morgan fingerprint density at radius 1 is 0.730 bits per heavy atom. The SMILES string of the molecule is CCCC(=O)O[C@H]1[C@@H](OC)[C@H](O[C@@H]2C[C@@H]3C[C@@H](OC(=O)CCC)[C@@]4(O)C[C@H](C[C@H](OC(C)=O)[C@@H]5C[C@H](C)[C@H](C/C=C\C=C\[C@H](C)C[C@H](C2)O3)O5)OC4=O)O[C@@H](C)[C@H]1OC(=O)CCC. The molecule has 0 saturated carbocycles. The number of carbonyl (C=O) groups excluding carboxylic acids is 5. The van der Waals surface area contributed by atoms with Crippen molar-refractivity contribution in [2.45, 2.75) is 223 Å².